The Morgan fingerprint density at radius 1 is 1.13 bits per heavy atom. The molecule has 2 heterocycles. The highest BCUT2D eigenvalue weighted by Gasteiger charge is 2.22. The third-order valence-corrected chi connectivity index (χ3v) is 4.74. The lowest BCUT2D eigenvalue weighted by Gasteiger charge is -2.23. The molecule has 0 atom stereocenters. The van der Waals surface area contributed by atoms with E-state index in [1.807, 2.05) is 23.9 Å². The Hall–Kier alpha value is -2.43. The molecule has 0 unspecified atom stereocenters. The number of nitrogens with zero attached hydrogens (tertiary/aromatic N) is 4. The molecule has 1 aliphatic rings. The summed E-state index contributed by atoms with van der Waals surface area (Å²) in [4.78, 5) is 13.8. The molecule has 1 aliphatic carbocycles. The summed E-state index contributed by atoms with van der Waals surface area (Å²) < 4.78 is 1.89. The average molecular weight is 307 g/mol. The number of aromatic nitrogens is 4. The molecule has 3 aromatic rings. The first-order valence-electron chi connectivity index (χ1n) is 8.33. The average Bonchev–Trinajstić information content (AvgIpc) is 3.15. The molecule has 0 amide bonds. The minimum Gasteiger partial charge on any atom is -0.388 e. The van der Waals surface area contributed by atoms with Crippen LogP contribution in [0.4, 0.5) is 5.69 Å². The van der Waals surface area contributed by atoms with Crippen LogP contribution in [-0.4, -0.2) is 26.6 Å². The first-order chi connectivity index (χ1) is 11.4. The van der Waals surface area contributed by atoms with Gasteiger partial charge in [0, 0.05) is 36.4 Å². The van der Waals surface area contributed by atoms with Crippen LogP contribution in [0.3, 0.4) is 0 Å². The van der Waals surface area contributed by atoms with Crippen molar-refractivity contribution in [2.75, 3.05) is 12.4 Å². The van der Waals surface area contributed by atoms with Crippen molar-refractivity contribution in [1.29, 1.82) is 0 Å². The van der Waals surface area contributed by atoms with E-state index >= 15 is 0 Å². The molecule has 1 N–H and O–H groups in total. The van der Waals surface area contributed by atoms with Crippen molar-refractivity contribution in [2.45, 2.75) is 38.0 Å². The molecule has 23 heavy (non-hydrogen) atoms. The van der Waals surface area contributed by atoms with Gasteiger partial charge in [-0.1, -0.05) is 25.3 Å². The molecule has 5 heteroatoms. The van der Waals surface area contributed by atoms with E-state index in [-0.39, 0.29) is 0 Å². The van der Waals surface area contributed by atoms with Gasteiger partial charge in [-0.2, -0.15) is 0 Å². The van der Waals surface area contributed by atoms with Crippen LogP contribution >= 0.6 is 0 Å². The fourth-order valence-electron chi connectivity index (χ4n) is 3.57. The minimum absolute atomic E-state index is 0.519. The highest BCUT2D eigenvalue weighted by Crippen LogP contribution is 2.37. The summed E-state index contributed by atoms with van der Waals surface area (Å²) in [6.45, 7) is 0. The van der Waals surface area contributed by atoms with Gasteiger partial charge in [-0.05, 0) is 25.0 Å². The number of rotatable bonds is 3. The molecule has 0 radical (unpaired) electrons. The maximum absolute atomic E-state index is 4.95. The van der Waals surface area contributed by atoms with Crippen LogP contribution in [0.15, 0.2) is 36.9 Å². The fraction of sp³-hybridized carbons (Fsp3) is 0.389. The molecule has 0 bridgehead atoms. The highest BCUT2D eigenvalue weighted by atomic mass is 15.2. The third kappa shape index (κ3) is 2.56. The van der Waals surface area contributed by atoms with Crippen LogP contribution in [0.1, 0.15) is 43.7 Å². The topological polar surface area (TPSA) is 55.6 Å². The maximum atomic E-state index is 4.95. The van der Waals surface area contributed by atoms with Crippen molar-refractivity contribution in [1.82, 2.24) is 19.5 Å². The first kappa shape index (κ1) is 14.2. The van der Waals surface area contributed by atoms with Gasteiger partial charge in [-0.3, -0.25) is 4.57 Å². The van der Waals surface area contributed by atoms with E-state index in [1.54, 1.807) is 12.5 Å². The molecule has 1 saturated carbocycles. The Morgan fingerprint density at radius 3 is 2.74 bits per heavy atom. The number of benzene rings is 1. The number of anilines is 1. The smallest absolute Gasteiger partial charge is 0.235 e. The minimum atomic E-state index is 0.519. The number of hydrogen-bond acceptors (Lipinski definition) is 4. The number of nitrogens with one attached hydrogen (secondary N) is 1. The van der Waals surface area contributed by atoms with E-state index in [0.717, 1.165) is 11.2 Å². The highest BCUT2D eigenvalue weighted by molar-refractivity contribution is 5.94. The van der Waals surface area contributed by atoms with Crippen LogP contribution in [-0.2, 0) is 0 Å². The lowest BCUT2D eigenvalue weighted by atomic mass is 9.85. The monoisotopic (exact) mass is 307 g/mol. The molecule has 5 nitrogen and oxygen atoms in total. The Balaban J connectivity index is 1.95. The van der Waals surface area contributed by atoms with E-state index in [0.29, 0.717) is 11.9 Å². The van der Waals surface area contributed by atoms with Gasteiger partial charge in [0.2, 0.25) is 5.95 Å². The second-order valence-corrected chi connectivity index (χ2v) is 6.16. The molecular weight excluding hydrogens is 286 g/mol. The molecule has 0 aliphatic heterocycles. The van der Waals surface area contributed by atoms with Gasteiger partial charge in [-0.15, -0.1) is 0 Å². The van der Waals surface area contributed by atoms with Gasteiger partial charge in [-0.25, -0.2) is 15.0 Å². The SMILES string of the molecule is CNc1cccc2nc(-n3ccnc3)nc(C3CCCCC3)c12. The van der Waals surface area contributed by atoms with Crippen molar-refractivity contribution in [3.05, 3.63) is 42.6 Å². The number of fused-ring (bicyclic) bond motifs is 1. The van der Waals surface area contributed by atoms with Crippen molar-refractivity contribution < 1.29 is 0 Å². The van der Waals surface area contributed by atoms with Crippen LogP contribution in [0.5, 0.6) is 0 Å². The number of imidazole rings is 1. The Kier molecular flexibility index (Phi) is 3.69. The molecule has 4 rings (SSSR count). The van der Waals surface area contributed by atoms with Crippen molar-refractivity contribution >= 4 is 16.6 Å². The predicted molar refractivity (Wildman–Crippen MR) is 92.0 cm³/mol. The van der Waals surface area contributed by atoms with Crippen molar-refractivity contribution in [3.63, 3.8) is 0 Å². The second-order valence-electron chi connectivity index (χ2n) is 6.16. The summed E-state index contributed by atoms with van der Waals surface area (Å²) in [5.74, 6) is 1.23. The fourth-order valence-corrected chi connectivity index (χ4v) is 3.57. The lowest BCUT2D eigenvalue weighted by molar-refractivity contribution is 0.438. The van der Waals surface area contributed by atoms with E-state index in [4.69, 9.17) is 9.97 Å². The zero-order chi connectivity index (χ0) is 15.6. The van der Waals surface area contributed by atoms with E-state index in [1.165, 1.54) is 43.2 Å². The van der Waals surface area contributed by atoms with E-state index < -0.39 is 0 Å². The second kappa shape index (κ2) is 5.99. The zero-order valence-electron chi connectivity index (χ0n) is 13.4. The Morgan fingerprint density at radius 2 is 2.00 bits per heavy atom. The van der Waals surface area contributed by atoms with Crippen molar-refractivity contribution in [2.24, 2.45) is 0 Å². The molecule has 1 aromatic carbocycles. The Labute approximate surface area is 135 Å². The summed E-state index contributed by atoms with van der Waals surface area (Å²) >= 11 is 0. The van der Waals surface area contributed by atoms with Gasteiger partial charge in [0.1, 0.15) is 6.33 Å². The lowest BCUT2D eigenvalue weighted by Crippen LogP contribution is -2.11. The molecular formula is C18H21N5. The molecule has 118 valence electrons. The van der Waals surface area contributed by atoms with Gasteiger partial charge in [0.25, 0.3) is 0 Å². The number of hydrogen-bond donors (Lipinski definition) is 1. The third-order valence-electron chi connectivity index (χ3n) is 4.74. The van der Waals surface area contributed by atoms with Gasteiger partial charge in [0.15, 0.2) is 0 Å². The predicted octanol–water partition coefficient (Wildman–Crippen LogP) is 3.90. The van der Waals surface area contributed by atoms with Gasteiger partial charge < -0.3 is 5.32 Å². The normalized spacial score (nSPS) is 15.9. The van der Waals surface area contributed by atoms with E-state index in [2.05, 4.69) is 22.4 Å². The van der Waals surface area contributed by atoms with Crippen LogP contribution in [0.2, 0.25) is 0 Å². The van der Waals surface area contributed by atoms with Gasteiger partial charge >= 0.3 is 0 Å². The van der Waals surface area contributed by atoms with Crippen LogP contribution < -0.4 is 5.32 Å². The van der Waals surface area contributed by atoms with Crippen LogP contribution in [0, 0.1) is 0 Å². The molecule has 0 saturated heterocycles. The summed E-state index contributed by atoms with van der Waals surface area (Å²) in [5, 5.41) is 4.48. The quantitative estimate of drug-likeness (QED) is 0.797. The van der Waals surface area contributed by atoms with Crippen LogP contribution in [0.25, 0.3) is 16.9 Å². The summed E-state index contributed by atoms with van der Waals surface area (Å²) in [5.41, 5.74) is 3.29. The van der Waals surface area contributed by atoms with Crippen molar-refractivity contribution in [3.8, 4) is 5.95 Å². The largest absolute Gasteiger partial charge is 0.388 e. The summed E-state index contributed by atoms with van der Waals surface area (Å²) in [6, 6.07) is 6.23. The Bertz CT molecular complexity index is 804. The van der Waals surface area contributed by atoms with E-state index in [9.17, 15) is 0 Å². The summed E-state index contributed by atoms with van der Waals surface area (Å²) in [6.07, 6.45) is 11.8. The molecule has 1 fully saturated rings. The summed E-state index contributed by atoms with van der Waals surface area (Å²) in [7, 11) is 1.96. The standard InChI is InChI=1S/C18H21N5/c1-19-14-8-5-9-15-16(14)17(13-6-3-2-4-7-13)22-18(21-15)23-11-10-20-12-23/h5,8-13,19H,2-4,6-7H2,1H3. The zero-order valence-corrected chi connectivity index (χ0v) is 13.4. The molecule has 0 spiro atoms. The molecule has 2 aromatic heterocycles. The maximum Gasteiger partial charge on any atom is 0.235 e. The first-order valence-corrected chi connectivity index (χ1v) is 8.33. The van der Waals surface area contributed by atoms with Gasteiger partial charge in [0.05, 0.1) is 11.2 Å².